The van der Waals surface area contributed by atoms with Gasteiger partial charge in [-0.2, -0.15) is 5.10 Å². The number of nitrogens with zero attached hydrogens (tertiary/aromatic N) is 1. The fourth-order valence-electron chi connectivity index (χ4n) is 1.37. The van der Waals surface area contributed by atoms with Crippen LogP contribution in [-0.2, 0) is 6.54 Å². The maximum absolute atomic E-state index is 13.3. The first kappa shape index (κ1) is 11.1. The predicted molar refractivity (Wildman–Crippen MR) is 60.6 cm³/mol. The van der Waals surface area contributed by atoms with Crippen LogP contribution in [0.2, 0.25) is 0 Å². The van der Waals surface area contributed by atoms with Crippen molar-refractivity contribution in [2.75, 3.05) is 5.73 Å². The van der Waals surface area contributed by atoms with E-state index in [1.165, 1.54) is 12.1 Å². The minimum absolute atomic E-state index is 0.116. The van der Waals surface area contributed by atoms with Gasteiger partial charge >= 0.3 is 0 Å². The number of aromatic nitrogens is 2. The Hall–Kier alpha value is -2.37. The number of nitrogen functional groups attached to an aromatic ring is 1. The highest BCUT2D eigenvalue weighted by Crippen LogP contribution is 2.06. The molecule has 0 saturated heterocycles. The van der Waals surface area contributed by atoms with E-state index in [-0.39, 0.29) is 29.8 Å². The second kappa shape index (κ2) is 4.65. The van der Waals surface area contributed by atoms with Crippen LogP contribution in [0.15, 0.2) is 30.3 Å². The van der Waals surface area contributed by atoms with Crippen molar-refractivity contribution in [3.63, 3.8) is 0 Å². The van der Waals surface area contributed by atoms with Gasteiger partial charge in [0, 0.05) is 18.2 Å². The highest BCUT2D eigenvalue weighted by Gasteiger charge is 2.09. The summed E-state index contributed by atoms with van der Waals surface area (Å²) in [6, 6.07) is 7.66. The number of amides is 1. The van der Waals surface area contributed by atoms with Gasteiger partial charge in [0.1, 0.15) is 17.3 Å². The molecule has 0 radical (unpaired) electrons. The van der Waals surface area contributed by atoms with Crippen molar-refractivity contribution in [3.05, 3.63) is 47.4 Å². The standard InChI is InChI=1S/C11H11FN4O/c12-8-4-2-1-3-7(8)6-14-11(17)9-5-10(13)16-15-9/h1-5H,6H2,(H,14,17)(H3,13,15,16). The quantitative estimate of drug-likeness (QED) is 0.742. The molecule has 2 rings (SSSR count). The van der Waals surface area contributed by atoms with Crippen LogP contribution in [0.1, 0.15) is 16.1 Å². The maximum atomic E-state index is 13.3. The minimum Gasteiger partial charge on any atom is -0.382 e. The third-order valence-corrected chi connectivity index (χ3v) is 2.24. The van der Waals surface area contributed by atoms with E-state index in [9.17, 15) is 9.18 Å². The van der Waals surface area contributed by atoms with Crippen LogP contribution in [0.5, 0.6) is 0 Å². The fourth-order valence-corrected chi connectivity index (χ4v) is 1.37. The Morgan fingerprint density at radius 3 is 2.88 bits per heavy atom. The molecule has 0 saturated carbocycles. The Kier molecular flexibility index (Phi) is 3.04. The topological polar surface area (TPSA) is 83.8 Å². The van der Waals surface area contributed by atoms with Crippen molar-refractivity contribution < 1.29 is 9.18 Å². The summed E-state index contributed by atoms with van der Waals surface area (Å²) in [6.45, 7) is 0.116. The number of carbonyl (C=O) groups is 1. The Balaban J connectivity index is 1.99. The summed E-state index contributed by atoms with van der Waals surface area (Å²) >= 11 is 0. The Bertz CT molecular complexity index is 538. The van der Waals surface area contributed by atoms with E-state index in [0.29, 0.717) is 5.56 Å². The van der Waals surface area contributed by atoms with E-state index in [2.05, 4.69) is 15.5 Å². The molecule has 0 fully saturated rings. The molecule has 0 aliphatic carbocycles. The molecular formula is C11H11FN4O. The normalized spacial score (nSPS) is 10.2. The first-order chi connectivity index (χ1) is 8.16. The zero-order valence-corrected chi connectivity index (χ0v) is 8.90. The molecule has 1 heterocycles. The number of rotatable bonds is 3. The summed E-state index contributed by atoms with van der Waals surface area (Å²) in [7, 11) is 0. The van der Waals surface area contributed by atoms with Crippen molar-refractivity contribution in [1.82, 2.24) is 15.5 Å². The van der Waals surface area contributed by atoms with Crippen LogP contribution in [0, 0.1) is 5.82 Å². The van der Waals surface area contributed by atoms with Crippen molar-refractivity contribution >= 4 is 11.7 Å². The second-order valence-corrected chi connectivity index (χ2v) is 3.48. The smallest absolute Gasteiger partial charge is 0.269 e. The third kappa shape index (κ3) is 2.60. The number of hydrogen-bond acceptors (Lipinski definition) is 3. The molecule has 0 aliphatic heterocycles. The molecule has 0 unspecified atom stereocenters. The lowest BCUT2D eigenvalue weighted by Crippen LogP contribution is -2.23. The highest BCUT2D eigenvalue weighted by atomic mass is 19.1. The SMILES string of the molecule is Nc1cc(C(=O)NCc2ccccc2F)[nH]n1. The van der Waals surface area contributed by atoms with E-state index in [1.54, 1.807) is 18.2 Å². The van der Waals surface area contributed by atoms with Gasteiger partial charge in [0.05, 0.1) is 0 Å². The van der Waals surface area contributed by atoms with Gasteiger partial charge in [-0.1, -0.05) is 18.2 Å². The lowest BCUT2D eigenvalue weighted by atomic mass is 10.2. The number of nitrogens with two attached hydrogens (primary N) is 1. The number of benzene rings is 1. The average molecular weight is 234 g/mol. The molecule has 88 valence electrons. The van der Waals surface area contributed by atoms with Gasteiger partial charge in [-0.3, -0.25) is 9.89 Å². The van der Waals surface area contributed by atoms with Gasteiger partial charge in [-0.15, -0.1) is 0 Å². The van der Waals surface area contributed by atoms with Gasteiger partial charge in [0.25, 0.3) is 5.91 Å². The van der Waals surface area contributed by atoms with E-state index in [4.69, 9.17) is 5.73 Å². The molecule has 2 aromatic rings. The third-order valence-electron chi connectivity index (χ3n) is 2.24. The van der Waals surface area contributed by atoms with E-state index in [0.717, 1.165) is 0 Å². The van der Waals surface area contributed by atoms with Crippen LogP contribution in [0.4, 0.5) is 10.2 Å². The lowest BCUT2D eigenvalue weighted by Gasteiger charge is -2.04. The van der Waals surface area contributed by atoms with Crippen LogP contribution < -0.4 is 11.1 Å². The monoisotopic (exact) mass is 234 g/mol. The number of anilines is 1. The summed E-state index contributed by atoms with van der Waals surface area (Å²) in [5.74, 6) is -0.490. The lowest BCUT2D eigenvalue weighted by molar-refractivity contribution is 0.0945. The van der Waals surface area contributed by atoms with Crippen LogP contribution in [-0.4, -0.2) is 16.1 Å². The van der Waals surface area contributed by atoms with Gasteiger partial charge < -0.3 is 11.1 Å². The van der Waals surface area contributed by atoms with Gasteiger partial charge in [-0.25, -0.2) is 4.39 Å². The molecule has 0 aliphatic rings. The molecule has 1 aromatic heterocycles. The summed E-state index contributed by atoms with van der Waals surface area (Å²) in [6.07, 6.45) is 0. The zero-order valence-electron chi connectivity index (χ0n) is 8.90. The Morgan fingerprint density at radius 1 is 1.47 bits per heavy atom. The van der Waals surface area contributed by atoms with Crippen LogP contribution in [0.25, 0.3) is 0 Å². The first-order valence-corrected chi connectivity index (χ1v) is 4.99. The van der Waals surface area contributed by atoms with Crippen LogP contribution >= 0.6 is 0 Å². The summed E-state index contributed by atoms with van der Waals surface area (Å²) in [5.41, 5.74) is 6.04. The summed E-state index contributed by atoms with van der Waals surface area (Å²) < 4.78 is 13.3. The van der Waals surface area contributed by atoms with Gasteiger partial charge in [-0.05, 0) is 6.07 Å². The Morgan fingerprint density at radius 2 is 2.24 bits per heavy atom. The summed E-state index contributed by atoms with van der Waals surface area (Å²) in [4.78, 5) is 11.6. The molecule has 5 nitrogen and oxygen atoms in total. The molecule has 1 amide bonds. The number of aromatic amines is 1. The average Bonchev–Trinajstić information content (AvgIpc) is 2.74. The first-order valence-electron chi connectivity index (χ1n) is 4.99. The molecular weight excluding hydrogens is 223 g/mol. The molecule has 6 heteroatoms. The largest absolute Gasteiger partial charge is 0.382 e. The molecule has 4 N–H and O–H groups in total. The molecule has 1 aromatic carbocycles. The zero-order chi connectivity index (χ0) is 12.3. The van der Waals surface area contributed by atoms with Crippen LogP contribution in [0.3, 0.4) is 0 Å². The van der Waals surface area contributed by atoms with Crippen molar-refractivity contribution in [2.45, 2.75) is 6.54 Å². The van der Waals surface area contributed by atoms with Crippen molar-refractivity contribution in [3.8, 4) is 0 Å². The maximum Gasteiger partial charge on any atom is 0.269 e. The number of nitrogens with one attached hydrogen (secondary N) is 2. The van der Waals surface area contributed by atoms with E-state index in [1.807, 2.05) is 0 Å². The van der Waals surface area contributed by atoms with E-state index >= 15 is 0 Å². The fraction of sp³-hybridized carbons (Fsp3) is 0.0909. The molecule has 0 atom stereocenters. The van der Waals surface area contributed by atoms with Crippen molar-refractivity contribution in [2.24, 2.45) is 0 Å². The minimum atomic E-state index is -0.377. The molecule has 17 heavy (non-hydrogen) atoms. The van der Waals surface area contributed by atoms with Crippen molar-refractivity contribution in [1.29, 1.82) is 0 Å². The number of carbonyl (C=O) groups excluding carboxylic acids is 1. The molecule has 0 bridgehead atoms. The second-order valence-electron chi connectivity index (χ2n) is 3.48. The number of hydrogen-bond donors (Lipinski definition) is 3. The van der Waals surface area contributed by atoms with Gasteiger partial charge in [0.15, 0.2) is 0 Å². The van der Waals surface area contributed by atoms with E-state index < -0.39 is 0 Å². The summed E-state index contributed by atoms with van der Waals surface area (Å²) in [5, 5.41) is 8.67. The predicted octanol–water partition coefficient (Wildman–Crippen LogP) is 1.06. The highest BCUT2D eigenvalue weighted by molar-refractivity contribution is 5.92. The number of halogens is 1. The Labute approximate surface area is 96.8 Å². The number of H-pyrrole nitrogens is 1. The molecule has 0 spiro atoms. The van der Waals surface area contributed by atoms with Gasteiger partial charge in [0.2, 0.25) is 0 Å².